The highest BCUT2D eigenvalue weighted by Crippen LogP contribution is 2.36. The van der Waals surface area contributed by atoms with Gasteiger partial charge in [0.1, 0.15) is 0 Å². The number of carbonyl (C=O) groups is 1. The van der Waals surface area contributed by atoms with Gasteiger partial charge in [-0.1, -0.05) is 35.9 Å². The second kappa shape index (κ2) is 7.98. The van der Waals surface area contributed by atoms with Crippen molar-refractivity contribution in [3.05, 3.63) is 59.1 Å². The third kappa shape index (κ3) is 5.07. The first-order valence-corrected chi connectivity index (χ1v) is 10.6. The average Bonchev–Trinajstić information content (AvgIpc) is 3.44. The summed E-state index contributed by atoms with van der Waals surface area (Å²) in [6.07, 6.45) is 2.09. The average molecular weight is 408 g/mol. The number of carbonyl (C=O) groups excluding carboxylic acids is 1. The lowest BCUT2D eigenvalue weighted by Gasteiger charge is -2.29. The summed E-state index contributed by atoms with van der Waals surface area (Å²) in [5.41, 5.74) is 1.38. The quantitative estimate of drug-likeness (QED) is 0.737. The molecule has 1 aliphatic carbocycles. The van der Waals surface area contributed by atoms with Crippen LogP contribution in [0, 0.1) is 0 Å². The van der Waals surface area contributed by atoms with Crippen LogP contribution in [0.2, 0.25) is 5.02 Å². The Morgan fingerprint density at radius 1 is 1.26 bits per heavy atom. The normalized spacial score (nSPS) is 15.6. The van der Waals surface area contributed by atoms with Gasteiger partial charge in [-0.15, -0.1) is 0 Å². The first-order chi connectivity index (χ1) is 12.8. The minimum absolute atomic E-state index is 0.00676. The van der Waals surface area contributed by atoms with E-state index >= 15 is 0 Å². The molecule has 1 aliphatic rings. The summed E-state index contributed by atoms with van der Waals surface area (Å²) in [6.45, 7) is 2.23. The minimum atomic E-state index is -3.82. The van der Waals surface area contributed by atoms with Crippen LogP contribution >= 0.6 is 11.6 Å². The molecular weight excluding hydrogens is 386 g/mol. The number of hydrogen-bond donors (Lipinski definition) is 2. The molecule has 0 radical (unpaired) electrons. The van der Waals surface area contributed by atoms with Crippen LogP contribution < -0.4 is 10.5 Å². The summed E-state index contributed by atoms with van der Waals surface area (Å²) < 4.78 is 22.9. The van der Waals surface area contributed by atoms with Gasteiger partial charge in [-0.2, -0.15) is 0 Å². The van der Waals surface area contributed by atoms with E-state index in [-0.39, 0.29) is 23.4 Å². The summed E-state index contributed by atoms with van der Waals surface area (Å²) in [5, 5.41) is 8.57. The molecule has 0 spiro atoms. The molecule has 27 heavy (non-hydrogen) atoms. The maximum atomic E-state index is 12.6. The van der Waals surface area contributed by atoms with Gasteiger partial charge in [0.2, 0.25) is 15.9 Å². The molecule has 144 valence electrons. The Kier molecular flexibility index (Phi) is 5.86. The molecule has 0 aliphatic heterocycles. The van der Waals surface area contributed by atoms with Crippen molar-refractivity contribution in [2.75, 3.05) is 11.9 Å². The molecular formula is C19H22ClN3O3S. The third-order valence-corrected chi connectivity index (χ3v) is 5.90. The fourth-order valence-electron chi connectivity index (χ4n) is 3.10. The molecule has 0 aromatic heterocycles. The number of amides is 1. The summed E-state index contributed by atoms with van der Waals surface area (Å²) in [6, 6.07) is 13.9. The summed E-state index contributed by atoms with van der Waals surface area (Å²) in [5.74, 6) is -0.215. The fourth-order valence-corrected chi connectivity index (χ4v) is 3.95. The Morgan fingerprint density at radius 3 is 2.59 bits per heavy atom. The van der Waals surface area contributed by atoms with Gasteiger partial charge in [0.05, 0.1) is 11.4 Å². The van der Waals surface area contributed by atoms with Gasteiger partial charge in [0.15, 0.2) is 0 Å². The Morgan fingerprint density at radius 2 is 1.96 bits per heavy atom. The molecule has 0 heterocycles. The zero-order chi connectivity index (χ0) is 19.6. The molecule has 2 aromatic carbocycles. The van der Waals surface area contributed by atoms with Crippen LogP contribution in [0.1, 0.15) is 31.4 Å². The number of rotatable bonds is 7. The van der Waals surface area contributed by atoms with Crippen molar-refractivity contribution in [2.24, 2.45) is 5.14 Å². The van der Waals surface area contributed by atoms with Crippen LogP contribution in [0.4, 0.5) is 5.69 Å². The molecule has 1 unspecified atom stereocenters. The highest BCUT2D eigenvalue weighted by atomic mass is 35.5. The molecule has 1 atom stereocenters. The van der Waals surface area contributed by atoms with E-state index in [9.17, 15) is 13.2 Å². The molecule has 0 bridgehead atoms. The van der Waals surface area contributed by atoms with Crippen LogP contribution in [-0.4, -0.2) is 31.8 Å². The van der Waals surface area contributed by atoms with Crippen LogP contribution in [0.25, 0.3) is 0 Å². The fraction of sp³-hybridized carbons (Fsp3) is 0.316. The lowest BCUT2D eigenvalue weighted by atomic mass is 10.1. The van der Waals surface area contributed by atoms with E-state index in [1.54, 1.807) is 12.1 Å². The van der Waals surface area contributed by atoms with E-state index in [1.165, 1.54) is 12.1 Å². The Balaban J connectivity index is 1.72. The lowest BCUT2D eigenvalue weighted by molar-refractivity contribution is -0.118. The Hall–Kier alpha value is -1.93. The number of nitrogens with zero attached hydrogens (tertiary/aromatic N) is 1. The third-order valence-electron chi connectivity index (χ3n) is 4.64. The lowest BCUT2D eigenvalue weighted by Crippen LogP contribution is -2.37. The van der Waals surface area contributed by atoms with Crippen LogP contribution in [-0.2, 0) is 14.8 Å². The summed E-state index contributed by atoms with van der Waals surface area (Å²) in [7, 11) is -3.82. The SMILES string of the molecule is CC(c1ccccc1Cl)N(CC(=O)Nc1cccc(S(N)(=O)=O)c1)C1CC1. The van der Waals surface area contributed by atoms with Gasteiger partial charge in [-0.25, -0.2) is 13.6 Å². The van der Waals surface area contributed by atoms with Crippen molar-refractivity contribution in [2.45, 2.75) is 36.7 Å². The highest BCUT2D eigenvalue weighted by molar-refractivity contribution is 7.89. The number of halogens is 1. The maximum Gasteiger partial charge on any atom is 0.238 e. The molecule has 3 N–H and O–H groups in total. The summed E-state index contributed by atoms with van der Waals surface area (Å²) in [4.78, 5) is 14.7. The van der Waals surface area contributed by atoms with Gasteiger partial charge in [-0.05, 0) is 49.6 Å². The number of primary sulfonamides is 1. The first-order valence-electron chi connectivity index (χ1n) is 8.68. The zero-order valence-corrected chi connectivity index (χ0v) is 16.5. The van der Waals surface area contributed by atoms with Gasteiger partial charge in [0, 0.05) is 22.8 Å². The van der Waals surface area contributed by atoms with E-state index in [1.807, 2.05) is 31.2 Å². The number of benzene rings is 2. The van der Waals surface area contributed by atoms with Crippen molar-refractivity contribution in [1.29, 1.82) is 0 Å². The predicted octanol–water partition coefficient (Wildman–Crippen LogP) is 3.15. The predicted molar refractivity (Wildman–Crippen MR) is 106 cm³/mol. The molecule has 2 aromatic rings. The second-order valence-electron chi connectivity index (χ2n) is 6.72. The van der Waals surface area contributed by atoms with E-state index < -0.39 is 10.0 Å². The topological polar surface area (TPSA) is 92.5 Å². The molecule has 1 saturated carbocycles. The van der Waals surface area contributed by atoms with Gasteiger partial charge < -0.3 is 5.32 Å². The van der Waals surface area contributed by atoms with Crippen LogP contribution in [0.5, 0.6) is 0 Å². The zero-order valence-electron chi connectivity index (χ0n) is 14.9. The van der Waals surface area contributed by atoms with Crippen LogP contribution in [0.15, 0.2) is 53.4 Å². The molecule has 1 amide bonds. The van der Waals surface area contributed by atoms with Crippen molar-refractivity contribution < 1.29 is 13.2 Å². The Labute approximate surface area is 164 Å². The first kappa shape index (κ1) is 19.8. The van der Waals surface area contributed by atoms with Crippen molar-refractivity contribution in [3.63, 3.8) is 0 Å². The van der Waals surface area contributed by atoms with E-state index in [2.05, 4.69) is 10.2 Å². The van der Waals surface area contributed by atoms with Crippen molar-refractivity contribution >= 4 is 33.2 Å². The molecule has 8 heteroatoms. The minimum Gasteiger partial charge on any atom is -0.325 e. The van der Waals surface area contributed by atoms with Crippen molar-refractivity contribution in [1.82, 2.24) is 4.90 Å². The molecule has 0 saturated heterocycles. The van der Waals surface area contributed by atoms with Crippen LogP contribution in [0.3, 0.4) is 0 Å². The van der Waals surface area contributed by atoms with Crippen molar-refractivity contribution in [3.8, 4) is 0 Å². The van der Waals surface area contributed by atoms with E-state index in [0.29, 0.717) is 16.8 Å². The highest BCUT2D eigenvalue weighted by Gasteiger charge is 2.34. The second-order valence-corrected chi connectivity index (χ2v) is 8.69. The number of nitrogens with one attached hydrogen (secondary N) is 1. The smallest absolute Gasteiger partial charge is 0.238 e. The monoisotopic (exact) mass is 407 g/mol. The number of anilines is 1. The largest absolute Gasteiger partial charge is 0.325 e. The summed E-state index contributed by atoms with van der Waals surface area (Å²) >= 11 is 6.32. The van der Waals surface area contributed by atoms with E-state index in [4.69, 9.17) is 16.7 Å². The van der Waals surface area contributed by atoms with E-state index in [0.717, 1.165) is 18.4 Å². The number of hydrogen-bond acceptors (Lipinski definition) is 4. The Bertz CT molecular complexity index is 945. The van der Waals surface area contributed by atoms with Gasteiger partial charge >= 0.3 is 0 Å². The maximum absolute atomic E-state index is 12.6. The number of nitrogens with two attached hydrogens (primary N) is 1. The van der Waals surface area contributed by atoms with Gasteiger partial charge in [0.25, 0.3) is 0 Å². The molecule has 3 rings (SSSR count). The van der Waals surface area contributed by atoms with Gasteiger partial charge in [-0.3, -0.25) is 9.69 Å². The molecule has 1 fully saturated rings. The number of sulfonamides is 1. The molecule has 6 nitrogen and oxygen atoms in total. The standard InChI is InChI=1S/C19H22ClN3O3S/c1-13(17-7-2-3-8-18(17)20)23(15-9-10-15)12-19(24)22-14-5-4-6-16(11-14)27(21,25)26/h2-8,11,13,15H,9-10,12H2,1H3,(H,22,24)(H2,21,25,26).